The number of amides is 2. The van der Waals surface area contributed by atoms with Crippen molar-refractivity contribution >= 4 is 11.8 Å². The van der Waals surface area contributed by atoms with Gasteiger partial charge in [0.25, 0.3) is 11.8 Å². The minimum atomic E-state index is -1.10. The first-order chi connectivity index (χ1) is 25.2. The Kier molecular flexibility index (Phi) is 10.0. The van der Waals surface area contributed by atoms with Crippen LogP contribution >= 0.6 is 0 Å². The molecule has 3 aromatic carbocycles. The van der Waals surface area contributed by atoms with Crippen LogP contribution in [-0.2, 0) is 17.8 Å². The number of hydrogen-bond donors (Lipinski definition) is 2. The molecule has 0 saturated carbocycles. The quantitative estimate of drug-likeness (QED) is 0.308. The lowest BCUT2D eigenvalue weighted by atomic mass is 9.89. The fourth-order valence-corrected chi connectivity index (χ4v) is 6.85. The van der Waals surface area contributed by atoms with Crippen LogP contribution < -0.4 is 39.1 Å². The summed E-state index contributed by atoms with van der Waals surface area (Å²) < 4.78 is 36.1. The standard InChI is InChI=1S/C39H43N5O8/c1-24-31-21-30(50-37(31)43-25(2)42-24)23-44-16-13-39(14-17-44)38(46)41-22-26-5-11-32(34(19-26)47-3)51-33-12-6-27(20-35(33)48-4)36(45)40-15-18-49-28-7-9-29(52-39)10-8-28/h5-12,19-20,30H,13-18,21-23H2,1-4H3,(H,40,45)(H,41,46). The minimum absolute atomic E-state index is 0.0337. The number of nitrogens with zero attached hydrogens (tertiary/aromatic N) is 3. The summed E-state index contributed by atoms with van der Waals surface area (Å²) in [4.78, 5) is 38.4. The highest BCUT2D eigenvalue weighted by Crippen LogP contribution is 2.38. The molecule has 0 aliphatic carbocycles. The second-order valence-corrected chi connectivity index (χ2v) is 13.2. The lowest BCUT2D eigenvalue weighted by Crippen LogP contribution is -2.58. The first-order valence-corrected chi connectivity index (χ1v) is 17.5. The van der Waals surface area contributed by atoms with Crippen molar-refractivity contribution in [3.63, 3.8) is 0 Å². The monoisotopic (exact) mass is 709 g/mol. The predicted octanol–water partition coefficient (Wildman–Crippen LogP) is 4.56. The summed E-state index contributed by atoms with van der Waals surface area (Å²) >= 11 is 0. The van der Waals surface area contributed by atoms with Crippen LogP contribution in [0.25, 0.3) is 0 Å². The van der Waals surface area contributed by atoms with Gasteiger partial charge in [-0.15, -0.1) is 0 Å². The van der Waals surface area contributed by atoms with E-state index in [2.05, 4.69) is 25.5 Å². The zero-order valence-electron chi connectivity index (χ0n) is 29.8. The van der Waals surface area contributed by atoms with E-state index in [4.69, 9.17) is 28.4 Å². The van der Waals surface area contributed by atoms with Crippen molar-refractivity contribution in [2.24, 2.45) is 0 Å². The van der Waals surface area contributed by atoms with Crippen molar-refractivity contribution in [2.45, 2.75) is 51.4 Å². The van der Waals surface area contributed by atoms with Gasteiger partial charge in [-0.25, -0.2) is 4.98 Å². The molecule has 52 heavy (non-hydrogen) atoms. The van der Waals surface area contributed by atoms with Gasteiger partial charge in [-0.1, -0.05) is 6.07 Å². The van der Waals surface area contributed by atoms with Crippen molar-refractivity contribution < 1.29 is 38.0 Å². The normalized spacial score (nSPS) is 18.7. The van der Waals surface area contributed by atoms with Gasteiger partial charge in [-0.05, 0) is 74.0 Å². The molecule has 1 fully saturated rings. The molecule has 1 aromatic heterocycles. The summed E-state index contributed by atoms with van der Waals surface area (Å²) in [5.74, 6) is 3.80. The van der Waals surface area contributed by atoms with Crippen molar-refractivity contribution in [1.82, 2.24) is 25.5 Å². The number of carbonyl (C=O) groups is 2. The molecule has 8 aliphatic rings. The number of benzene rings is 3. The number of methoxy groups -OCH3 is 2. The van der Waals surface area contributed by atoms with E-state index >= 15 is 0 Å². The Morgan fingerprint density at radius 3 is 2.35 bits per heavy atom. The highest BCUT2D eigenvalue weighted by Gasteiger charge is 2.44. The molecule has 1 spiro atoms. The van der Waals surface area contributed by atoms with Crippen LogP contribution in [0.4, 0.5) is 0 Å². The highest BCUT2D eigenvalue weighted by atomic mass is 16.5. The van der Waals surface area contributed by atoms with Gasteiger partial charge in [0.15, 0.2) is 28.6 Å². The molecule has 1 saturated heterocycles. The fraction of sp³-hybridized carbons (Fsp3) is 0.385. The Hall–Kier alpha value is -5.56. The van der Waals surface area contributed by atoms with Crippen molar-refractivity contribution in [2.75, 3.05) is 47.0 Å². The molecule has 2 N–H and O–H groups in total. The molecule has 1 unspecified atom stereocenters. The third-order valence-corrected chi connectivity index (χ3v) is 9.66. The lowest BCUT2D eigenvalue weighted by molar-refractivity contribution is -0.141. The molecular formula is C39H43N5O8. The molecule has 8 aliphatic heterocycles. The Balaban J connectivity index is 1.10. The Morgan fingerprint density at radius 2 is 1.60 bits per heavy atom. The summed E-state index contributed by atoms with van der Waals surface area (Å²) in [6.45, 7) is 6.65. The number of fused-ring (bicyclic) bond motifs is 1. The van der Waals surface area contributed by atoms with E-state index < -0.39 is 5.60 Å². The van der Waals surface area contributed by atoms with Gasteiger partial charge in [0.2, 0.25) is 5.88 Å². The molecular weight excluding hydrogens is 666 g/mol. The third-order valence-electron chi connectivity index (χ3n) is 9.66. The topological polar surface area (TPSA) is 143 Å². The smallest absolute Gasteiger partial charge is 0.264 e. The highest BCUT2D eigenvalue weighted by molar-refractivity contribution is 5.95. The van der Waals surface area contributed by atoms with Gasteiger partial charge in [-0.2, -0.15) is 4.98 Å². The molecule has 6 bridgehead atoms. The summed E-state index contributed by atoms with van der Waals surface area (Å²) in [7, 11) is 3.07. The van der Waals surface area contributed by atoms with Crippen molar-refractivity contribution in [3.05, 3.63) is 88.9 Å². The number of ether oxygens (including phenoxy) is 6. The van der Waals surface area contributed by atoms with Crippen LogP contribution in [0.2, 0.25) is 0 Å². The van der Waals surface area contributed by atoms with E-state index in [1.165, 1.54) is 7.11 Å². The van der Waals surface area contributed by atoms with Crippen LogP contribution in [0, 0.1) is 13.8 Å². The largest absolute Gasteiger partial charge is 0.493 e. The Bertz CT molecular complexity index is 1940. The SMILES string of the molecule is COc1cc2ccc1Oc1ccc(cc1OC)C(=O)NCCOc1ccc(cc1)OC1(CCN(CC3Cc4c(C)nc(C)nc4O3)CC1)C(=O)NC2. The van der Waals surface area contributed by atoms with E-state index in [-0.39, 0.29) is 37.6 Å². The molecule has 272 valence electrons. The van der Waals surface area contributed by atoms with Crippen molar-refractivity contribution in [1.29, 1.82) is 0 Å². The molecule has 0 radical (unpaired) electrons. The molecule has 13 nitrogen and oxygen atoms in total. The van der Waals surface area contributed by atoms with E-state index in [0.717, 1.165) is 23.2 Å². The van der Waals surface area contributed by atoms with Gasteiger partial charge >= 0.3 is 0 Å². The predicted molar refractivity (Wildman–Crippen MR) is 191 cm³/mol. The number of nitrogens with one attached hydrogen (secondary N) is 2. The molecule has 2 amide bonds. The van der Waals surface area contributed by atoms with Gasteiger partial charge in [-0.3, -0.25) is 14.5 Å². The van der Waals surface area contributed by atoms with Crippen LogP contribution in [0.1, 0.15) is 45.8 Å². The van der Waals surface area contributed by atoms with Gasteiger partial charge in [0.05, 0.1) is 20.8 Å². The van der Waals surface area contributed by atoms with Crippen LogP contribution in [-0.4, -0.2) is 85.4 Å². The number of hydrogen-bond acceptors (Lipinski definition) is 11. The number of piperidine rings is 1. The fourth-order valence-electron chi connectivity index (χ4n) is 6.85. The number of aromatic nitrogens is 2. The summed E-state index contributed by atoms with van der Waals surface area (Å²) in [5, 5.41) is 6.01. The first kappa shape index (κ1) is 34.9. The zero-order chi connectivity index (χ0) is 36.2. The summed E-state index contributed by atoms with van der Waals surface area (Å²) in [6, 6.07) is 17.6. The summed E-state index contributed by atoms with van der Waals surface area (Å²) in [5.41, 5.74) is 2.15. The van der Waals surface area contributed by atoms with Gasteiger partial charge < -0.3 is 39.1 Å². The average molecular weight is 710 g/mol. The van der Waals surface area contributed by atoms with E-state index in [9.17, 15) is 9.59 Å². The molecule has 9 heterocycles. The lowest BCUT2D eigenvalue weighted by Gasteiger charge is -2.41. The molecule has 12 rings (SSSR count). The van der Waals surface area contributed by atoms with Crippen LogP contribution in [0.15, 0.2) is 60.7 Å². The van der Waals surface area contributed by atoms with E-state index in [1.807, 2.05) is 26.0 Å². The van der Waals surface area contributed by atoms with Crippen LogP contribution in [0.3, 0.4) is 0 Å². The Morgan fingerprint density at radius 1 is 0.885 bits per heavy atom. The maximum absolute atomic E-state index is 14.1. The third kappa shape index (κ3) is 7.54. The molecule has 1 atom stereocenters. The maximum Gasteiger partial charge on any atom is 0.264 e. The first-order valence-electron chi connectivity index (χ1n) is 17.5. The summed E-state index contributed by atoms with van der Waals surface area (Å²) in [6.07, 6.45) is 1.68. The Labute approximate surface area is 302 Å². The number of carbonyl (C=O) groups excluding carboxylic acids is 2. The number of likely N-dealkylation sites (tertiary alicyclic amines) is 1. The molecule has 13 heteroatoms. The molecule has 4 aromatic rings. The second kappa shape index (κ2) is 15.0. The maximum atomic E-state index is 14.1. The van der Waals surface area contributed by atoms with Gasteiger partial charge in [0.1, 0.15) is 30.0 Å². The minimum Gasteiger partial charge on any atom is -0.493 e. The van der Waals surface area contributed by atoms with Gasteiger partial charge in [0, 0.05) is 62.3 Å². The second-order valence-electron chi connectivity index (χ2n) is 13.2. The van der Waals surface area contributed by atoms with Crippen molar-refractivity contribution in [3.8, 4) is 40.4 Å². The number of aryl methyl sites for hydroxylation is 2. The van der Waals surface area contributed by atoms with E-state index in [0.29, 0.717) is 84.2 Å². The zero-order valence-corrected chi connectivity index (χ0v) is 29.8. The van der Waals surface area contributed by atoms with E-state index in [1.54, 1.807) is 55.6 Å². The number of rotatable bonds is 4. The average Bonchev–Trinajstić information content (AvgIpc) is 3.56. The van der Waals surface area contributed by atoms with Crippen LogP contribution in [0.5, 0.6) is 40.4 Å².